The monoisotopic (exact) mass is 377 g/mol. The minimum atomic E-state index is -1.16. The predicted octanol–water partition coefficient (Wildman–Crippen LogP) is 2.62. The van der Waals surface area contributed by atoms with Crippen LogP contribution >= 0.6 is 0 Å². The van der Waals surface area contributed by atoms with Crippen molar-refractivity contribution < 1.29 is 19.7 Å². The summed E-state index contributed by atoms with van der Waals surface area (Å²) in [4.78, 5) is 13.7. The van der Waals surface area contributed by atoms with Gasteiger partial charge < -0.3 is 19.8 Å². The zero-order valence-electron chi connectivity index (χ0n) is 15.6. The lowest BCUT2D eigenvalue weighted by Gasteiger charge is -2.18. The molecule has 2 heterocycles. The number of nitrogens with zero attached hydrogens (tertiary/aromatic N) is 3. The Balaban J connectivity index is 1.82. The van der Waals surface area contributed by atoms with Gasteiger partial charge in [-0.2, -0.15) is 5.10 Å². The lowest BCUT2D eigenvalue weighted by molar-refractivity contribution is 0.0676. The third kappa shape index (κ3) is 4.25. The van der Waals surface area contributed by atoms with Gasteiger partial charge in [-0.25, -0.2) is 9.48 Å². The molecule has 1 aromatic heterocycles. The number of hydrogen-bond donors (Lipinski definition) is 2. The van der Waals surface area contributed by atoms with Crippen LogP contribution in [0.5, 0.6) is 0 Å². The number of benzene rings is 1. The Labute approximate surface area is 154 Å². The fraction of sp³-hybridized carbons (Fsp3) is 0.556. The van der Waals surface area contributed by atoms with Crippen LogP contribution in [-0.2, 0) is 11.5 Å². The normalized spacial score (nSPS) is 18.0. The van der Waals surface area contributed by atoms with Crippen molar-refractivity contribution in [1.82, 2.24) is 9.78 Å². The van der Waals surface area contributed by atoms with Crippen LogP contribution in [0, 0.1) is 0 Å². The summed E-state index contributed by atoms with van der Waals surface area (Å²) in [6.45, 7) is 9.11. The van der Waals surface area contributed by atoms with Crippen LogP contribution in [0.3, 0.4) is 0 Å². The Hall–Kier alpha value is -1.90. The van der Waals surface area contributed by atoms with E-state index < -0.39 is 14.0 Å². The van der Waals surface area contributed by atoms with E-state index in [2.05, 4.69) is 29.6 Å². The molecule has 0 saturated carbocycles. The van der Waals surface area contributed by atoms with Gasteiger partial charge in [0.25, 0.3) is 0 Å². The molecular weight excluding hydrogens is 350 g/mol. The molecule has 1 aromatic carbocycles. The van der Waals surface area contributed by atoms with Crippen molar-refractivity contribution >= 4 is 30.6 Å². The third-order valence-electron chi connectivity index (χ3n) is 4.68. The summed E-state index contributed by atoms with van der Waals surface area (Å²) in [7, 11) is -1.16. The largest absolute Gasteiger partial charge is 0.476 e. The second kappa shape index (κ2) is 7.38. The highest BCUT2D eigenvalue weighted by Crippen LogP contribution is 2.27. The van der Waals surface area contributed by atoms with E-state index in [1.165, 1.54) is 0 Å². The average molecular weight is 378 g/mol. The Bertz CT molecular complexity index is 800. The van der Waals surface area contributed by atoms with Crippen molar-refractivity contribution in [3.8, 4) is 0 Å². The maximum absolute atomic E-state index is 11.6. The molecule has 2 aromatic rings. The van der Waals surface area contributed by atoms with Crippen LogP contribution in [0.25, 0.3) is 10.9 Å². The van der Waals surface area contributed by atoms with Gasteiger partial charge in [-0.3, -0.25) is 0 Å². The Kier molecular flexibility index (Phi) is 5.36. The standard InChI is InChI=1S/C18H27N3O4Si/c1-26(2,3)9-8-25-12-21-16-5-4-13(20-7-6-14(22)11-20)10-15(16)17(19-21)18(23)24/h4-5,10,14,22H,6-9,11-12H2,1-3H3,(H,23,24)/t14-/m1/s1. The molecule has 1 atom stereocenters. The van der Waals surface area contributed by atoms with Gasteiger partial charge in [0.05, 0.1) is 11.6 Å². The van der Waals surface area contributed by atoms with E-state index in [0.29, 0.717) is 18.5 Å². The number of anilines is 1. The van der Waals surface area contributed by atoms with Crippen LogP contribution in [-0.4, -0.2) is 59.8 Å². The molecule has 3 rings (SSSR count). The van der Waals surface area contributed by atoms with Crippen molar-refractivity contribution in [3.05, 3.63) is 23.9 Å². The number of rotatable bonds is 7. The molecule has 0 radical (unpaired) electrons. The zero-order chi connectivity index (χ0) is 18.9. The van der Waals surface area contributed by atoms with Gasteiger partial charge in [0.2, 0.25) is 0 Å². The molecule has 0 bridgehead atoms. The lowest BCUT2D eigenvalue weighted by atomic mass is 10.1. The molecular formula is C18H27N3O4Si. The Morgan fingerprint density at radius 2 is 2.15 bits per heavy atom. The molecule has 7 nitrogen and oxygen atoms in total. The summed E-state index contributed by atoms with van der Waals surface area (Å²) >= 11 is 0. The van der Waals surface area contributed by atoms with E-state index in [0.717, 1.165) is 30.2 Å². The second-order valence-corrected chi connectivity index (χ2v) is 13.7. The number of β-amino-alcohol motifs (C(OH)–C–C–N with tert-alkyl or cyclic N) is 1. The van der Waals surface area contributed by atoms with Crippen LogP contribution in [0.2, 0.25) is 25.7 Å². The number of aliphatic hydroxyl groups excluding tert-OH is 1. The first-order valence-corrected chi connectivity index (χ1v) is 12.7. The van der Waals surface area contributed by atoms with Gasteiger partial charge in [-0.15, -0.1) is 0 Å². The van der Waals surface area contributed by atoms with E-state index in [9.17, 15) is 15.0 Å². The number of hydrogen-bond acceptors (Lipinski definition) is 5. The smallest absolute Gasteiger partial charge is 0.357 e. The molecule has 8 heteroatoms. The number of carbonyl (C=O) groups is 1. The van der Waals surface area contributed by atoms with E-state index in [4.69, 9.17) is 4.74 Å². The number of carboxylic acids is 1. The number of aliphatic hydroxyl groups is 1. The number of carboxylic acid groups (broad SMARTS) is 1. The van der Waals surface area contributed by atoms with Crippen LogP contribution < -0.4 is 4.90 Å². The molecule has 1 fully saturated rings. The van der Waals surface area contributed by atoms with E-state index in [1.54, 1.807) is 4.68 Å². The van der Waals surface area contributed by atoms with E-state index in [1.807, 2.05) is 18.2 Å². The topological polar surface area (TPSA) is 87.8 Å². The zero-order valence-corrected chi connectivity index (χ0v) is 16.6. The van der Waals surface area contributed by atoms with Crippen LogP contribution in [0.1, 0.15) is 16.9 Å². The first-order valence-electron chi connectivity index (χ1n) is 8.99. The molecule has 1 aliphatic rings. The SMILES string of the molecule is C[Si](C)(C)CCOCn1nc(C(=O)O)c2cc(N3CC[C@@H](O)C3)ccc21. The number of aromatic carboxylic acids is 1. The fourth-order valence-corrected chi connectivity index (χ4v) is 3.88. The maximum atomic E-state index is 11.6. The third-order valence-corrected chi connectivity index (χ3v) is 6.38. The van der Waals surface area contributed by atoms with Gasteiger partial charge in [0.15, 0.2) is 5.69 Å². The highest BCUT2D eigenvalue weighted by molar-refractivity contribution is 6.76. The van der Waals surface area contributed by atoms with Crippen molar-refractivity contribution in [2.24, 2.45) is 0 Å². The summed E-state index contributed by atoms with van der Waals surface area (Å²) in [5.74, 6) is -1.05. The molecule has 26 heavy (non-hydrogen) atoms. The molecule has 0 unspecified atom stereocenters. The minimum absolute atomic E-state index is 0.0374. The quantitative estimate of drug-likeness (QED) is 0.570. The van der Waals surface area contributed by atoms with Gasteiger partial charge in [-0.05, 0) is 30.7 Å². The van der Waals surface area contributed by atoms with Gasteiger partial charge in [0, 0.05) is 38.8 Å². The fourth-order valence-electron chi connectivity index (χ4n) is 3.13. The molecule has 1 aliphatic heterocycles. The van der Waals surface area contributed by atoms with Crippen LogP contribution in [0.15, 0.2) is 18.2 Å². The lowest BCUT2D eigenvalue weighted by Crippen LogP contribution is -2.22. The first kappa shape index (κ1) is 18.9. The number of aromatic nitrogens is 2. The highest BCUT2D eigenvalue weighted by Gasteiger charge is 2.23. The molecule has 142 valence electrons. The second-order valence-electron chi connectivity index (χ2n) is 8.09. The number of ether oxygens (including phenoxy) is 1. The average Bonchev–Trinajstić information content (AvgIpc) is 3.14. The van der Waals surface area contributed by atoms with Gasteiger partial charge in [-0.1, -0.05) is 19.6 Å². The van der Waals surface area contributed by atoms with E-state index in [-0.39, 0.29) is 18.5 Å². The van der Waals surface area contributed by atoms with Crippen molar-refractivity contribution in [1.29, 1.82) is 0 Å². The molecule has 1 saturated heterocycles. The molecule has 0 spiro atoms. The first-order chi connectivity index (χ1) is 12.2. The van der Waals surface area contributed by atoms with E-state index >= 15 is 0 Å². The summed E-state index contributed by atoms with van der Waals surface area (Å²) in [5, 5.41) is 24.1. The van der Waals surface area contributed by atoms with Crippen molar-refractivity contribution in [3.63, 3.8) is 0 Å². The van der Waals surface area contributed by atoms with Crippen LogP contribution in [0.4, 0.5) is 5.69 Å². The molecule has 0 amide bonds. The highest BCUT2D eigenvalue weighted by atomic mass is 28.3. The summed E-state index contributed by atoms with van der Waals surface area (Å²) < 4.78 is 7.36. The summed E-state index contributed by atoms with van der Waals surface area (Å²) in [6.07, 6.45) is 0.403. The Morgan fingerprint density at radius 3 is 2.77 bits per heavy atom. The van der Waals surface area contributed by atoms with Crippen molar-refractivity contribution in [2.45, 2.75) is 44.9 Å². The Morgan fingerprint density at radius 1 is 1.38 bits per heavy atom. The van der Waals surface area contributed by atoms with Gasteiger partial charge >= 0.3 is 5.97 Å². The summed E-state index contributed by atoms with van der Waals surface area (Å²) in [6, 6.07) is 6.74. The number of fused-ring (bicyclic) bond motifs is 1. The molecule has 2 N–H and O–H groups in total. The maximum Gasteiger partial charge on any atom is 0.357 e. The van der Waals surface area contributed by atoms with Crippen molar-refractivity contribution in [2.75, 3.05) is 24.6 Å². The summed E-state index contributed by atoms with van der Waals surface area (Å²) in [5.41, 5.74) is 1.70. The minimum Gasteiger partial charge on any atom is -0.476 e. The van der Waals surface area contributed by atoms with Gasteiger partial charge in [0.1, 0.15) is 6.73 Å². The molecule has 0 aliphatic carbocycles. The predicted molar refractivity (Wildman–Crippen MR) is 104 cm³/mol.